The molecule has 0 aliphatic carbocycles. The molecule has 0 aromatic heterocycles. The molecule has 0 amide bonds. The van der Waals surface area contributed by atoms with Crippen LogP contribution in [0.3, 0.4) is 0 Å². The number of unbranched alkanes of at least 4 members (excludes halogenated alkanes) is 4. The van der Waals surface area contributed by atoms with Gasteiger partial charge < -0.3 is 10.4 Å². The summed E-state index contributed by atoms with van der Waals surface area (Å²) in [4.78, 5) is 13.6. The third-order valence-corrected chi connectivity index (χ3v) is 2.78. The summed E-state index contributed by atoms with van der Waals surface area (Å²) in [6.07, 6.45) is 6.97. The normalized spacial score (nSPS) is 11.8. The lowest BCUT2D eigenvalue weighted by molar-refractivity contribution is -0.139. The minimum Gasteiger partial charge on any atom is -0.480 e. The predicted octanol–water partition coefficient (Wildman–Crippen LogP) is 3.09. The molecule has 0 saturated carbocycles. The van der Waals surface area contributed by atoms with E-state index in [1.807, 2.05) is 0 Å². The van der Waals surface area contributed by atoms with Crippen LogP contribution in [-0.2, 0) is 4.79 Å². The van der Waals surface area contributed by atoms with Crippen LogP contribution in [0, 0.1) is 0 Å². The van der Waals surface area contributed by atoms with Crippen LogP contribution >= 0.6 is 0 Å². The van der Waals surface area contributed by atoms with Crippen LogP contribution in [0.4, 0.5) is 0 Å². The summed E-state index contributed by atoms with van der Waals surface area (Å²) in [6.45, 7) is 3.14. The molecule has 0 aliphatic heterocycles. The molecule has 0 heterocycles. The largest absolute Gasteiger partial charge is 0.480 e. The first kappa shape index (κ1) is 16.7. The summed E-state index contributed by atoms with van der Waals surface area (Å²) in [6, 6.07) is -0.474. The van der Waals surface area contributed by atoms with Crippen LogP contribution in [0.15, 0.2) is 5.11 Å². The summed E-state index contributed by atoms with van der Waals surface area (Å²) < 4.78 is 0. The van der Waals surface area contributed by atoms with E-state index < -0.39 is 12.0 Å². The van der Waals surface area contributed by atoms with Crippen molar-refractivity contribution in [3.63, 3.8) is 0 Å². The monoisotopic (exact) mass is 256 g/mol. The highest BCUT2D eigenvalue weighted by Crippen LogP contribution is 2.07. The van der Waals surface area contributed by atoms with Crippen molar-refractivity contribution in [2.24, 2.45) is 5.11 Å². The third kappa shape index (κ3) is 9.93. The Morgan fingerprint density at radius 3 is 2.67 bits per heavy atom. The second-order valence-corrected chi connectivity index (χ2v) is 4.36. The fourth-order valence-electron chi connectivity index (χ4n) is 1.74. The molecule has 0 saturated heterocycles. The number of nitrogens with zero attached hydrogens (tertiary/aromatic N) is 3. The molecule has 0 rings (SSSR count). The van der Waals surface area contributed by atoms with Crippen molar-refractivity contribution in [3.8, 4) is 0 Å². The Balaban J connectivity index is 3.65. The number of azide groups is 1. The highest BCUT2D eigenvalue weighted by atomic mass is 16.4. The van der Waals surface area contributed by atoms with E-state index >= 15 is 0 Å². The number of rotatable bonds is 12. The van der Waals surface area contributed by atoms with E-state index in [9.17, 15) is 4.79 Å². The van der Waals surface area contributed by atoms with Gasteiger partial charge in [-0.05, 0) is 24.9 Å². The number of carboxylic acids is 1. The van der Waals surface area contributed by atoms with Gasteiger partial charge in [0.25, 0.3) is 0 Å². The van der Waals surface area contributed by atoms with Crippen molar-refractivity contribution in [1.29, 1.82) is 0 Å². The third-order valence-electron chi connectivity index (χ3n) is 2.78. The first-order chi connectivity index (χ1) is 8.72. The van der Waals surface area contributed by atoms with Gasteiger partial charge in [-0.2, -0.15) is 0 Å². The Hall–Kier alpha value is -1.26. The summed E-state index contributed by atoms with van der Waals surface area (Å²) >= 11 is 0. The second kappa shape index (κ2) is 12.2. The minimum atomic E-state index is -0.797. The van der Waals surface area contributed by atoms with E-state index in [1.54, 1.807) is 0 Å². The lowest BCUT2D eigenvalue weighted by Crippen LogP contribution is -2.37. The molecule has 1 atom stereocenters. The van der Waals surface area contributed by atoms with Gasteiger partial charge in [-0.1, -0.05) is 44.1 Å². The zero-order valence-electron chi connectivity index (χ0n) is 11.1. The van der Waals surface area contributed by atoms with Crippen molar-refractivity contribution in [2.75, 3.05) is 13.1 Å². The molecule has 0 aliphatic rings. The van der Waals surface area contributed by atoms with Crippen LogP contribution in [0.5, 0.6) is 0 Å². The maximum Gasteiger partial charge on any atom is 0.320 e. The van der Waals surface area contributed by atoms with Gasteiger partial charge in [0, 0.05) is 11.5 Å². The van der Waals surface area contributed by atoms with E-state index in [4.69, 9.17) is 10.6 Å². The van der Waals surface area contributed by atoms with E-state index in [0.717, 1.165) is 12.8 Å². The van der Waals surface area contributed by atoms with Crippen LogP contribution in [0.1, 0.15) is 51.9 Å². The van der Waals surface area contributed by atoms with Gasteiger partial charge in [0.15, 0.2) is 0 Å². The average molecular weight is 256 g/mol. The molecular formula is C12H24N4O2. The smallest absolute Gasteiger partial charge is 0.320 e. The summed E-state index contributed by atoms with van der Waals surface area (Å²) in [5, 5.41) is 15.4. The first-order valence-corrected chi connectivity index (χ1v) is 6.69. The maximum absolute atomic E-state index is 11.0. The van der Waals surface area contributed by atoms with E-state index in [-0.39, 0.29) is 0 Å². The lowest BCUT2D eigenvalue weighted by Gasteiger charge is -2.13. The van der Waals surface area contributed by atoms with E-state index in [0.29, 0.717) is 25.9 Å². The highest BCUT2D eigenvalue weighted by Gasteiger charge is 2.15. The van der Waals surface area contributed by atoms with Gasteiger partial charge in [-0.25, -0.2) is 0 Å². The van der Waals surface area contributed by atoms with Gasteiger partial charge in [-0.3, -0.25) is 4.79 Å². The molecule has 0 aromatic carbocycles. The Morgan fingerprint density at radius 2 is 2.06 bits per heavy atom. The van der Waals surface area contributed by atoms with Crippen molar-refractivity contribution < 1.29 is 9.90 Å². The van der Waals surface area contributed by atoms with Crippen LogP contribution in [0.25, 0.3) is 10.4 Å². The Morgan fingerprint density at radius 1 is 1.33 bits per heavy atom. The second-order valence-electron chi connectivity index (χ2n) is 4.36. The fraction of sp³-hybridized carbons (Fsp3) is 0.917. The van der Waals surface area contributed by atoms with E-state index in [1.165, 1.54) is 19.3 Å². The number of carboxylic acid groups (broad SMARTS) is 1. The molecule has 0 bridgehead atoms. The van der Waals surface area contributed by atoms with Crippen LogP contribution in [-0.4, -0.2) is 30.2 Å². The topological polar surface area (TPSA) is 98.1 Å². The van der Waals surface area contributed by atoms with Gasteiger partial charge >= 0.3 is 5.97 Å². The molecule has 2 N–H and O–H groups in total. The van der Waals surface area contributed by atoms with Crippen molar-refractivity contribution in [1.82, 2.24) is 5.32 Å². The van der Waals surface area contributed by atoms with Gasteiger partial charge in [0.2, 0.25) is 0 Å². The predicted molar refractivity (Wildman–Crippen MR) is 71.4 cm³/mol. The highest BCUT2D eigenvalue weighted by molar-refractivity contribution is 5.73. The Kier molecular flexibility index (Phi) is 11.3. The molecular weight excluding hydrogens is 232 g/mol. The number of nitrogens with one attached hydrogen (secondary N) is 1. The fourth-order valence-corrected chi connectivity index (χ4v) is 1.74. The molecule has 0 spiro atoms. The molecule has 104 valence electrons. The average Bonchev–Trinajstić information content (AvgIpc) is 2.35. The molecule has 0 aromatic rings. The summed E-state index contributed by atoms with van der Waals surface area (Å²) in [5.74, 6) is -0.797. The van der Waals surface area contributed by atoms with Crippen molar-refractivity contribution >= 4 is 5.97 Å². The van der Waals surface area contributed by atoms with Gasteiger partial charge in [0.05, 0.1) is 0 Å². The number of aliphatic carboxylic acids is 1. The van der Waals surface area contributed by atoms with Gasteiger partial charge in [-0.15, -0.1) is 0 Å². The van der Waals surface area contributed by atoms with Crippen molar-refractivity contribution in [2.45, 2.75) is 57.9 Å². The Labute approximate surface area is 108 Å². The number of hydrogen-bond donors (Lipinski definition) is 2. The first-order valence-electron chi connectivity index (χ1n) is 6.69. The molecule has 18 heavy (non-hydrogen) atoms. The maximum atomic E-state index is 11.0. The minimum absolute atomic E-state index is 0.409. The molecule has 1 unspecified atom stereocenters. The SMILES string of the molecule is CCCCCCCC(NCCCN=[N+]=[N-])C(=O)O. The quantitative estimate of drug-likeness (QED) is 0.243. The molecule has 6 nitrogen and oxygen atoms in total. The van der Waals surface area contributed by atoms with Crippen LogP contribution < -0.4 is 5.32 Å². The van der Waals surface area contributed by atoms with Crippen molar-refractivity contribution in [3.05, 3.63) is 10.4 Å². The zero-order valence-corrected chi connectivity index (χ0v) is 11.1. The number of hydrogen-bond acceptors (Lipinski definition) is 3. The molecule has 6 heteroatoms. The molecule has 0 fully saturated rings. The Bertz CT molecular complexity index is 265. The summed E-state index contributed by atoms with van der Waals surface area (Å²) in [7, 11) is 0. The van der Waals surface area contributed by atoms with Gasteiger partial charge in [0.1, 0.15) is 6.04 Å². The zero-order chi connectivity index (χ0) is 13.6. The molecule has 0 radical (unpaired) electrons. The van der Waals surface area contributed by atoms with E-state index in [2.05, 4.69) is 22.3 Å². The number of carbonyl (C=O) groups is 1. The van der Waals surface area contributed by atoms with Crippen LogP contribution in [0.2, 0.25) is 0 Å². The standard InChI is InChI=1S/C12H24N4O2/c1-2-3-4-5-6-8-11(12(17)18)14-9-7-10-15-16-13/h11,14H,2-10H2,1H3,(H,17,18). The summed E-state index contributed by atoms with van der Waals surface area (Å²) in [5.41, 5.74) is 8.09. The lowest BCUT2D eigenvalue weighted by atomic mass is 10.1.